The van der Waals surface area contributed by atoms with Gasteiger partial charge in [0, 0.05) is 17.1 Å². The van der Waals surface area contributed by atoms with Crippen molar-refractivity contribution >= 4 is 41.4 Å². The van der Waals surface area contributed by atoms with Crippen molar-refractivity contribution in [2.75, 3.05) is 42.8 Å². The summed E-state index contributed by atoms with van der Waals surface area (Å²) in [7, 11) is 0. The third kappa shape index (κ3) is 12.2. The van der Waals surface area contributed by atoms with Crippen LogP contribution in [0.25, 0.3) is 0 Å². The number of rotatable bonds is 16. The third-order valence-corrected chi connectivity index (χ3v) is 6.34. The number of esters is 3. The lowest BCUT2D eigenvalue weighted by Gasteiger charge is -2.31. The van der Waals surface area contributed by atoms with Crippen LogP contribution in [0.5, 0.6) is 0 Å². The molecule has 0 aliphatic rings. The Kier molecular flexibility index (Phi) is 15.0. The maximum absolute atomic E-state index is 12.3. The monoisotopic (exact) mass is 448 g/mol. The first-order valence-electron chi connectivity index (χ1n) is 10.0. The minimum atomic E-state index is -0.786. The number of hydrogen-bond acceptors (Lipinski definition) is 8. The van der Waals surface area contributed by atoms with Gasteiger partial charge in [0.2, 0.25) is 0 Å². The SMILES string of the molecule is C=C(C)C(=O)OCC(CC)(COC(=O)CCSCC)COC(=O)C(C)CSCC. The van der Waals surface area contributed by atoms with Gasteiger partial charge in [-0.25, -0.2) is 4.79 Å². The molecule has 0 aromatic rings. The maximum atomic E-state index is 12.3. The molecule has 0 bridgehead atoms. The second-order valence-corrected chi connectivity index (χ2v) is 9.70. The molecule has 0 aliphatic carbocycles. The molecule has 2 unspecified atom stereocenters. The van der Waals surface area contributed by atoms with E-state index in [-0.39, 0.29) is 43.3 Å². The molecule has 0 aromatic carbocycles. The lowest BCUT2D eigenvalue weighted by atomic mass is 9.88. The summed E-state index contributed by atoms with van der Waals surface area (Å²) in [5.74, 6) is 1.88. The highest BCUT2D eigenvalue weighted by atomic mass is 32.2. The van der Waals surface area contributed by atoms with Gasteiger partial charge >= 0.3 is 17.9 Å². The zero-order valence-electron chi connectivity index (χ0n) is 18.4. The van der Waals surface area contributed by atoms with Crippen LogP contribution in [0.1, 0.15) is 47.5 Å². The molecule has 0 fully saturated rings. The number of ether oxygens (including phenoxy) is 3. The van der Waals surface area contributed by atoms with Gasteiger partial charge in [0.1, 0.15) is 19.8 Å². The van der Waals surface area contributed by atoms with Gasteiger partial charge in [-0.15, -0.1) is 0 Å². The van der Waals surface area contributed by atoms with Gasteiger partial charge in [-0.2, -0.15) is 23.5 Å². The van der Waals surface area contributed by atoms with Gasteiger partial charge in [-0.3, -0.25) is 9.59 Å². The number of carbonyl (C=O) groups excluding carboxylic acids is 3. The molecule has 8 heteroatoms. The minimum Gasteiger partial charge on any atom is -0.465 e. The molecule has 0 spiro atoms. The number of hydrogen-bond donors (Lipinski definition) is 0. The zero-order chi connectivity index (χ0) is 22.3. The molecule has 0 rings (SSSR count). The molecule has 0 heterocycles. The molecule has 0 amide bonds. The lowest BCUT2D eigenvalue weighted by Crippen LogP contribution is -2.39. The van der Waals surface area contributed by atoms with Gasteiger partial charge in [0.05, 0.1) is 17.8 Å². The van der Waals surface area contributed by atoms with E-state index in [1.54, 1.807) is 30.4 Å². The van der Waals surface area contributed by atoms with Crippen LogP contribution in [-0.4, -0.2) is 60.7 Å². The molecule has 168 valence electrons. The Morgan fingerprint density at radius 1 is 0.966 bits per heavy atom. The van der Waals surface area contributed by atoms with E-state index in [9.17, 15) is 14.4 Å². The first-order chi connectivity index (χ1) is 13.7. The Hall–Kier alpha value is -1.15. The van der Waals surface area contributed by atoms with Gasteiger partial charge in [-0.05, 0) is 24.9 Å². The second kappa shape index (κ2) is 15.7. The van der Waals surface area contributed by atoms with Gasteiger partial charge in [-0.1, -0.05) is 34.3 Å². The zero-order valence-corrected chi connectivity index (χ0v) is 20.0. The summed E-state index contributed by atoms with van der Waals surface area (Å²) in [5, 5.41) is 0. The van der Waals surface area contributed by atoms with E-state index >= 15 is 0 Å². The fraction of sp³-hybridized carbons (Fsp3) is 0.762. The van der Waals surface area contributed by atoms with Crippen molar-refractivity contribution in [3.63, 3.8) is 0 Å². The summed E-state index contributed by atoms with van der Waals surface area (Å²) in [4.78, 5) is 36.2. The van der Waals surface area contributed by atoms with Crippen molar-refractivity contribution < 1.29 is 28.6 Å². The Morgan fingerprint density at radius 3 is 2.10 bits per heavy atom. The van der Waals surface area contributed by atoms with E-state index in [4.69, 9.17) is 14.2 Å². The summed E-state index contributed by atoms with van der Waals surface area (Å²) in [5.41, 5.74) is -0.503. The molecule has 0 saturated carbocycles. The Bertz CT molecular complexity index is 537. The van der Waals surface area contributed by atoms with Crippen LogP contribution in [0.4, 0.5) is 0 Å². The molecular formula is C21H36O6S2. The Morgan fingerprint density at radius 2 is 1.55 bits per heavy atom. The van der Waals surface area contributed by atoms with Crippen LogP contribution < -0.4 is 0 Å². The summed E-state index contributed by atoms with van der Waals surface area (Å²) in [6, 6.07) is 0. The Balaban J connectivity index is 4.99. The molecule has 0 saturated heterocycles. The maximum Gasteiger partial charge on any atom is 0.333 e. The minimum absolute atomic E-state index is 0.0163. The average Bonchev–Trinajstić information content (AvgIpc) is 2.71. The highest BCUT2D eigenvalue weighted by Gasteiger charge is 2.34. The Labute approximate surface area is 183 Å². The fourth-order valence-electron chi connectivity index (χ4n) is 2.11. The topological polar surface area (TPSA) is 78.9 Å². The van der Waals surface area contributed by atoms with Crippen LogP contribution in [-0.2, 0) is 28.6 Å². The number of carbonyl (C=O) groups is 3. The summed E-state index contributed by atoms with van der Waals surface area (Å²) < 4.78 is 16.3. The van der Waals surface area contributed by atoms with E-state index in [0.717, 1.165) is 11.5 Å². The number of thioether (sulfide) groups is 2. The van der Waals surface area contributed by atoms with Crippen LogP contribution >= 0.6 is 23.5 Å². The van der Waals surface area contributed by atoms with Crippen LogP contribution in [0.15, 0.2) is 12.2 Å². The largest absolute Gasteiger partial charge is 0.465 e. The second-order valence-electron chi connectivity index (χ2n) is 6.99. The van der Waals surface area contributed by atoms with Gasteiger partial charge < -0.3 is 14.2 Å². The normalized spacial score (nSPS) is 13.8. The standard InChI is InChI=1S/C21H36O6S2/c1-7-21(14-26-19(23)16(4)5,13-25-18(22)10-11-28-8-2)15-27-20(24)17(6)12-29-9-3/h17H,4,7-15H2,1-3,5-6H3. The van der Waals surface area contributed by atoms with Crippen molar-refractivity contribution in [3.8, 4) is 0 Å². The predicted molar refractivity (Wildman–Crippen MR) is 120 cm³/mol. The highest BCUT2D eigenvalue weighted by molar-refractivity contribution is 7.99. The van der Waals surface area contributed by atoms with Crippen molar-refractivity contribution in [1.82, 2.24) is 0 Å². The summed E-state index contributed by atoms with van der Waals surface area (Å²) in [6.45, 7) is 12.9. The molecule has 6 nitrogen and oxygen atoms in total. The van der Waals surface area contributed by atoms with Crippen LogP contribution in [0.3, 0.4) is 0 Å². The molecule has 0 N–H and O–H groups in total. The van der Waals surface area contributed by atoms with E-state index < -0.39 is 11.4 Å². The van der Waals surface area contributed by atoms with Crippen molar-refractivity contribution in [2.45, 2.75) is 47.5 Å². The van der Waals surface area contributed by atoms with Crippen molar-refractivity contribution in [3.05, 3.63) is 12.2 Å². The molecule has 0 aromatic heterocycles. The first-order valence-corrected chi connectivity index (χ1v) is 12.3. The average molecular weight is 449 g/mol. The summed E-state index contributed by atoms with van der Waals surface area (Å²) in [6.07, 6.45) is 0.827. The fourth-order valence-corrected chi connectivity index (χ4v) is 3.43. The smallest absolute Gasteiger partial charge is 0.333 e. The predicted octanol–water partition coefficient (Wildman–Crippen LogP) is 4.12. The van der Waals surface area contributed by atoms with Crippen LogP contribution in [0.2, 0.25) is 0 Å². The van der Waals surface area contributed by atoms with E-state index in [1.165, 1.54) is 0 Å². The summed E-state index contributed by atoms with van der Waals surface area (Å²) >= 11 is 3.34. The van der Waals surface area contributed by atoms with Gasteiger partial charge in [0.25, 0.3) is 0 Å². The molecule has 0 aliphatic heterocycles. The highest BCUT2D eigenvalue weighted by Crippen LogP contribution is 2.26. The van der Waals surface area contributed by atoms with E-state index in [1.807, 2.05) is 27.7 Å². The quantitative estimate of drug-likeness (QED) is 0.151. The van der Waals surface area contributed by atoms with E-state index in [2.05, 4.69) is 6.58 Å². The molecule has 0 radical (unpaired) electrons. The van der Waals surface area contributed by atoms with Crippen molar-refractivity contribution in [2.24, 2.45) is 11.3 Å². The van der Waals surface area contributed by atoms with Crippen LogP contribution in [0, 0.1) is 11.3 Å². The first kappa shape index (κ1) is 27.8. The molecule has 29 heavy (non-hydrogen) atoms. The third-order valence-electron chi connectivity index (χ3n) is 4.30. The van der Waals surface area contributed by atoms with Gasteiger partial charge in [0.15, 0.2) is 0 Å². The van der Waals surface area contributed by atoms with Crippen molar-refractivity contribution in [1.29, 1.82) is 0 Å². The molecular weight excluding hydrogens is 412 g/mol. The molecule has 2 atom stereocenters. The van der Waals surface area contributed by atoms with E-state index in [0.29, 0.717) is 24.3 Å². The lowest BCUT2D eigenvalue weighted by molar-refractivity contribution is -0.162.